The molecule has 0 amide bonds. The molecule has 0 aromatic carbocycles. The standard InChI is InChI=1S/C6H5N2OS/c9-8-6(10)5-3-1-2-4-7-5/h1-4H,(H-,7,8,9,10)/q-1. The van der Waals surface area contributed by atoms with Gasteiger partial charge in [-0.2, -0.15) is 0 Å². The fourth-order valence-electron chi connectivity index (χ4n) is 0.549. The van der Waals surface area contributed by atoms with Crippen molar-refractivity contribution < 1.29 is 0 Å². The van der Waals surface area contributed by atoms with Gasteiger partial charge < -0.3 is 10.7 Å². The summed E-state index contributed by atoms with van der Waals surface area (Å²) in [7, 11) is 0. The number of nitrogens with one attached hydrogen (secondary N) is 1. The van der Waals surface area contributed by atoms with Gasteiger partial charge in [-0.15, -0.1) is 0 Å². The number of hydrogen-bond donors (Lipinski definition) is 1. The molecule has 0 aliphatic carbocycles. The lowest BCUT2D eigenvalue weighted by Gasteiger charge is -2.08. The summed E-state index contributed by atoms with van der Waals surface area (Å²) in [4.78, 5) is 3.97. The van der Waals surface area contributed by atoms with Crippen molar-refractivity contribution in [1.82, 2.24) is 10.5 Å². The van der Waals surface area contributed by atoms with Gasteiger partial charge in [0.25, 0.3) is 0 Å². The second kappa shape index (κ2) is 3.24. The third-order valence-corrected chi connectivity index (χ3v) is 1.28. The molecular weight excluding hydrogens is 148 g/mol. The molecule has 52 valence electrons. The summed E-state index contributed by atoms with van der Waals surface area (Å²) in [5, 5.41) is 10.00. The predicted octanol–water partition coefficient (Wildman–Crippen LogP) is 0.844. The van der Waals surface area contributed by atoms with Gasteiger partial charge in [0, 0.05) is 6.20 Å². The van der Waals surface area contributed by atoms with Crippen LogP contribution in [0.1, 0.15) is 5.69 Å². The van der Waals surface area contributed by atoms with E-state index in [0.29, 0.717) is 5.69 Å². The van der Waals surface area contributed by atoms with E-state index in [2.05, 4.69) is 17.2 Å². The monoisotopic (exact) mass is 153 g/mol. The van der Waals surface area contributed by atoms with Gasteiger partial charge in [0.2, 0.25) is 0 Å². The molecule has 0 fully saturated rings. The Morgan fingerprint density at radius 2 is 2.40 bits per heavy atom. The molecule has 0 spiro atoms. The van der Waals surface area contributed by atoms with Gasteiger partial charge in [0.1, 0.15) is 4.99 Å². The number of aromatic nitrogens is 1. The van der Waals surface area contributed by atoms with Crippen LogP contribution >= 0.6 is 12.2 Å². The minimum atomic E-state index is 0.126. The van der Waals surface area contributed by atoms with Crippen molar-refractivity contribution in [3.63, 3.8) is 0 Å². The first kappa shape index (κ1) is 7.11. The first-order valence-corrected chi connectivity index (χ1v) is 3.09. The molecule has 0 radical (unpaired) electrons. The molecule has 0 unspecified atom stereocenters. The van der Waals surface area contributed by atoms with E-state index in [1.165, 1.54) is 0 Å². The molecule has 1 aromatic heterocycles. The van der Waals surface area contributed by atoms with Crippen LogP contribution < -0.4 is 5.48 Å². The van der Waals surface area contributed by atoms with Gasteiger partial charge in [0.15, 0.2) is 0 Å². The van der Waals surface area contributed by atoms with Crippen LogP contribution in [0.2, 0.25) is 0 Å². The largest absolute Gasteiger partial charge is 0.760 e. The zero-order valence-electron chi connectivity index (χ0n) is 5.07. The van der Waals surface area contributed by atoms with Gasteiger partial charge in [-0.1, -0.05) is 18.3 Å². The fraction of sp³-hybridized carbons (Fsp3) is 0. The van der Waals surface area contributed by atoms with Crippen molar-refractivity contribution in [2.75, 3.05) is 0 Å². The van der Waals surface area contributed by atoms with Crippen molar-refractivity contribution >= 4 is 17.2 Å². The molecule has 0 saturated carbocycles. The summed E-state index contributed by atoms with van der Waals surface area (Å²) in [6.07, 6.45) is 1.58. The first-order chi connectivity index (χ1) is 4.84. The van der Waals surface area contributed by atoms with Crippen LogP contribution in [0.5, 0.6) is 0 Å². The lowest BCUT2D eigenvalue weighted by atomic mass is 10.3. The number of pyridine rings is 1. The number of rotatable bonds is 1. The minimum Gasteiger partial charge on any atom is -0.760 e. The van der Waals surface area contributed by atoms with Gasteiger partial charge in [0.05, 0.1) is 5.69 Å². The van der Waals surface area contributed by atoms with Gasteiger partial charge in [-0.3, -0.25) is 4.98 Å². The van der Waals surface area contributed by atoms with E-state index in [0.717, 1.165) is 0 Å². The Bertz CT molecular complexity index is 224. The van der Waals surface area contributed by atoms with Crippen LogP contribution in [-0.2, 0) is 0 Å². The SMILES string of the molecule is [O-]NC(=S)c1ccccn1. The summed E-state index contributed by atoms with van der Waals surface area (Å²) in [6, 6.07) is 5.20. The minimum absolute atomic E-state index is 0.126. The van der Waals surface area contributed by atoms with Gasteiger partial charge in [-0.25, -0.2) is 0 Å². The topological polar surface area (TPSA) is 48.0 Å². The molecule has 3 nitrogen and oxygen atoms in total. The number of thiocarbonyl (C=S) groups is 1. The number of nitrogens with zero attached hydrogens (tertiary/aromatic N) is 1. The average Bonchev–Trinajstić information content (AvgIpc) is 2.05. The molecular formula is C6H5N2OS-. The van der Waals surface area contributed by atoms with Gasteiger partial charge in [-0.05, 0) is 12.1 Å². The maximum absolute atomic E-state index is 10.00. The number of hydrogen-bond acceptors (Lipinski definition) is 3. The van der Waals surface area contributed by atoms with Crippen molar-refractivity contribution in [1.29, 1.82) is 0 Å². The summed E-state index contributed by atoms with van der Waals surface area (Å²) in [5.74, 6) is 0. The summed E-state index contributed by atoms with van der Waals surface area (Å²) < 4.78 is 0. The summed E-state index contributed by atoms with van der Waals surface area (Å²) in [5.41, 5.74) is 2.11. The highest BCUT2D eigenvalue weighted by molar-refractivity contribution is 7.80. The van der Waals surface area contributed by atoms with E-state index >= 15 is 0 Å². The van der Waals surface area contributed by atoms with Gasteiger partial charge >= 0.3 is 0 Å². The first-order valence-electron chi connectivity index (χ1n) is 2.68. The average molecular weight is 153 g/mol. The molecule has 0 saturated heterocycles. The van der Waals surface area contributed by atoms with E-state index < -0.39 is 0 Å². The van der Waals surface area contributed by atoms with E-state index in [-0.39, 0.29) is 4.99 Å². The second-order valence-electron chi connectivity index (χ2n) is 1.65. The summed E-state index contributed by atoms with van der Waals surface area (Å²) in [6.45, 7) is 0. The Morgan fingerprint density at radius 3 is 2.90 bits per heavy atom. The van der Waals surface area contributed by atoms with Crippen molar-refractivity contribution in [3.8, 4) is 0 Å². The molecule has 0 aliphatic rings. The maximum atomic E-state index is 10.00. The molecule has 0 bridgehead atoms. The van der Waals surface area contributed by atoms with Crippen molar-refractivity contribution in [2.45, 2.75) is 0 Å². The van der Waals surface area contributed by atoms with Crippen LogP contribution in [-0.4, -0.2) is 9.97 Å². The van der Waals surface area contributed by atoms with Crippen LogP contribution in [0, 0.1) is 5.21 Å². The van der Waals surface area contributed by atoms with Crippen molar-refractivity contribution in [3.05, 3.63) is 35.3 Å². The number of hydroxylamine groups is 1. The van der Waals surface area contributed by atoms with E-state index in [9.17, 15) is 5.21 Å². The third kappa shape index (κ3) is 1.49. The highest BCUT2D eigenvalue weighted by Crippen LogP contribution is 1.92. The van der Waals surface area contributed by atoms with E-state index in [1.807, 2.05) is 0 Å². The lowest BCUT2D eigenvalue weighted by Crippen LogP contribution is -2.15. The third-order valence-electron chi connectivity index (χ3n) is 0.990. The Morgan fingerprint density at radius 1 is 1.60 bits per heavy atom. The Kier molecular flexibility index (Phi) is 2.30. The Labute approximate surface area is 63.7 Å². The molecule has 0 atom stereocenters. The molecule has 0 aliphatic heterocycles. The molecule has 1 heterocycles. The predicted molar refractivity (Wildman–Crippen MR) is 42.4 cm³/mol. The molecule has 4 heteroatoms. The van der Waals surface area contributed by atoms with Crippen molar-refractivity contribution in [2.24, 2.45) is 0 Å². The lowest BCUT2D eigenvalue weighted by molar-refractivity contribution is 1.24. The van der Waals surface area contributed by atoms with E-state index in [4.69, 9.17) is 0 Å². The smallest absolute Gasteiger partial charge is 0.114 e. The molecule has 1 rings (SSSR count). The zero-order chi connectivity index (χ0) is 7.40. The maximum Gasteiger partial charge on any atom is 0.114 e. The van der Waals surface area contributed by atoms with Crippen LogP contribution in [0.25, 0.3) is 0 Å². The highest BCUT2D eigenvalue weighted by Gasteiger charge is 1.92. The molecule has 1 aromatic rings. The van der Waals surface area contributed by atoms with Crippen LogP contribution in [0.3, 0.4) is 0 Å². The Balaban J connectivity index is 2.85. The zero-order valence-corrected chi connectivity index (χ0v) is 5.89. The molecule has 10 heavy (non-hydrogen) atoms. The Hall–Kier alpha value is -1.00. The fourth-order valence-corrected chi connectivity index (χ4v) is 0.670. The highest BCUT2D eigenvalue weighted by atomic mass is 32.1. The van der Waals surface area contributed by atoms with Crippen LogP contribution in [0.15, 0.2) is 24.4 Å². The quantitative estimate of drug-likeness (QED) is 0.480. The second-order valence-corrected chi connectivity index (χ2v) is 2.05. The molecule has 1 N–H and O–H groups in total. The normalized spacial score (nSPS) is 8.90. The van der Waals surface area contributed by atoms with Crippen LogP contribution in [0.4, 0.5) is 0 Å². The van der Waals surface area contributed by atoms with E-state index in [1.54, 1.807) is 29.9 Å². The summed E-state index contributed by atoms with van der Waals surface area (Å²) >= 11 is 4.64.